The van der Waals surface area contributed by atoms with Crippen molar-refractivity contribution in [3.63, 3.8) is 0 Å². The van der Waals surface area contributed by atoms with Gasteiger partial charge in [0.25, 0.3) is 0 Å². The van der Waals surface area contributed by atoms with Gasteiger partial charge in [-0.05, 0) is 139 Å². The molecule has 0 fully saturated rings. The maximum absolute atomic E-state index is 9.88. The minimum atomic E-state index is -0.741. The molecule has 0 saturated carbocycles. The van der Waals surface area contributed by atoms with E-state index in [1.165, 1.54) is 11.3 Å². The van der Waals surface area contributed by atoms with E-state index in [-0.39, 0.29) is 116 Å². The Balaban J connectivity index is 0.000000156. The smallest absolute Gasteiger partial charge is 0.238 e. The lowest BCUT2D eigenvalue weighted by Crippen LogP contribution is -2.06. The highest BCUT2D eigenvalue weighted by molar-refractivity contribution is 7.27. The molecule has 0 bridgehead atoms. The summed E-state index contributed by atoms with van der Waals surface area (Å²) in [4.78, 5) is 30.3. The Morgan fingerprint density at radius 2 is 0.730 bits per heavy atom. The maximum Gasteiger partial charge on any atom is 0.238 e. The van der Waals surface area contributed by atoms with E-state index >= 15 is 0 Å². The molecule has 8 heterocycles. The summed E-state index contributed by atoms with van der Waals surface area (Å²) in [7, 11) is 0. The number of fused-ring (bicyclic) bond motifs is 20. The molecule has 12 heteroatoms. The number of thiophene rings is 3. The zero-order valence-electron chi connectivity index (χ0n) is 89.6. The lowest BCUT2D eigenvalue weighted by molar-refractivity contribution is 0.669. The summed E-state index contributed by atoms with van der Waals surface area (Å²) in [5.41, 5.74) is 6.54. The summed E-state index contributed by atoms with van der Waals surface area (Å²) in [6.45, 7) is 0. The molecule has 26 rings (SSSR count). The number of aromatic nitrogens is 8. The van der Waals surface area contributed by atoms with Crippen LogP contribution in [-0.4, -0.2) is 39.0 Å². The largest absolute Gasteiger partial charge is 0.456 e. The maximum atomic E-state index is 9.88. The highest BCUT2D eigenvalue weighted by Crippen LogP contribution is 2.51. The van der Waals surface area contributed by atoms with Crippen LogP contribution in [0.2, 0.25) is 0 Å². The lowest BCUT2D eigenvalue weighted by atomic mass is 9.97. The molecule has 26 aromatic rings. The molecule has 0 aliphatic heterocycles. The summed E-state index contributed by atoms with van der Waals surface area (Å²) < 4.78 is 232. The number of hydrogen-bond donors (Lipinski definition) is 0. The molecule has 0 N–H and O–H groups in total. The van der Waals surface area contributed by atoms with Crippen LogP contribution < -0.4 is 0 Å². The van der Waals surface area contributed by atoms with Gasteiger partial charge in [-0.15, -0.1) is 34.0 Å². The fourth-order valence-electron chi connectivity index (χ4n) is 17.2. The number of para-hydroxylation sites is 1. The van der Waals surface area contributed by atoms with E-state index in [4.69, 9.17) is 54.9 Å². The van der Waals surface area contributed by atoms with Crippen molar-refractivity contribution >= 4 is 160 Å². The van der Waals surface area contributed by atoms with Crippen molar-refractivity contribution in [2.75, 3.05) is 0 Å². The predicted molar refractivity (Wildman–Crippen MR) is 529 cm³/mol. The van der Waals surface area contributed by atoms with E-state index in [1.807, 2.05) is 138 Å². The van der Waals surface area contributed by atoms with Crippen molar-refractivity contribution in [1.82, 2.24) is 39.0 Å². The van der Waals surface area contributed by atoms with Crippen molar-refractivity contribution in [1.29, 1.82) is 0 Å². The lowest BCUT2D eigenvalue weighted by Gasteiger charge is -2.13. The predicted octanol–water partition coefficient (Wildman–Crippen LogP) is 31.6. The van der Waals surface area contributed by atoms with Crippen LogP contribution in [0.4, 0.5) is 0 Å². The molecule has 588 valence electrons. The van der Waals surface area contributed by atoms with Crippen molar-refractivity contribution in [3.8, 4) is 124 Å². The number of furan rings is 1. The molecule has 18 aromatic carbocycles. The van der Waals surface area contributed by atoms with Gasteiger partial charge in [-0.2, -0.15) is 19.9 Å². The first-order chi connectivity index (χ1) is 72.5. The minimum Gasteiger partial charge on any atom is -0.456 e. The highest BCUT2D eigenvalue weighted by atomic mass is 32.1. The van der Waals surface area contributed by atoms with Crippen LogP contribution in [0.3, 0.4) is 0 Å². The Kier molecular flexibility index (Phi) is 12.5. The first kappa shape index (κ1) is 52.4. The Labute approximate surface area is 768 Å². The molecule has 0 amide bonds. The van der Waals surface area contributed by atoms with Gasteiger partial charge in [0.05, 0.1) is 55.0 Å². The van der Waals surface area contributed by atoms with Gasteiger partial charge in [-0.1, -0.05) is 339 Å². The molecular formula is C114H68N8OS3. The van der Waals surface area contributed by atoms with Crippen LogP contribution in [0.1, 0.15) is 32.9 Å². The van der Waals surface area contributed by atoms with Gasteiger partial charge in [0.1, 0.15) is 11.2 Å². The molecule has 0 aliphatic carbocycles. The van der Waals surface area contributed by atoms with E-state index in [0.717, 1.165) is 115 Å². The second kappa shape index (κ2) is 30.0. The number of hydrogen-bond acceptors (Lipinski definition) is 10. The van der Waals surface area contributed by atoms with Crippen molar-refractivity contribution in [2.24, 2.45) is 0 Å². The third-order valence-electron chi connectivity index (χ3n) is 22.8. The van der Waals surface area contributed by atoms with Crippen LogP contribution in [-0.2, 0) is 0 Å². The quantitative estimate of drug-likeness (QED) is 0.120. The Bertz CT molecular complexity index is 10400. The topological polar surface area (TPSA) is 100 Å². The summed E-state index contributed by atoms with van der Waals surface area (Å²) >= 11 is 4.83. The van der Waals surface area contributed by atoms with Gasteiger partial charge in [0, 0.05) is 115 Å². The third-order valence-corrected chi connectivity index (χ3v) is 26.3. The average molecular weight is 1690 g/mol. The summed E-state index contributed by atoms with van der Waals surface area (Å²) in [5, 5.41) is 8.97. The summed E-state index contributed by atoms with van der Waals surface area (Å²) in [6, 6.07) is 73.3. The van der Waals surface area contributed by atoms with Crippen LogP contribution in [0.15, 0.2) is 416 Å². The second-order valence-electron chi connectivity index (χ2n) is 30.0. The van der Waals surface area contributed by atoms with Gasteiger partial charge in [0.2, 0.25) is 11.9 Å². The number of rotatable bonds is 12. The highest BCUT2D eigenvalue weighted by Gasteiger charge is 2.27. The van der Waals surface area contributed by atoms with E-state index in [9.17, 15) is 12.3 Å². The van der Waals surface area contributed by atoms with Crippen molar-refractivity contribution in [2.45, 2.75) is 0 Å². The summed E-state index contributed by atoms with van der Waals surface area (Å²) in [5.74, 6) is -0.446. The van der Waals surface area contributed by atoms with Gasteiger partial charge in [0.15, 0.2) is 23.3 Å². The number of nitrogens with zero attached hydrogens (tertiary/aromatic N) is 8. The van der Waals surface area contributed by atoms with Crippen LogP contribution >= 0.6 is 34.0 Å². The molecule has 0 saturated heterocycles. The van der Waals surface area contributed by atoms with E-state index < -0.39 is 130 Å². The first-order valence-electron chi connectivity index (χ1n) is 52.2. The molecule has 0 atom stereocenters. The molecule has 9 nitrogen and oxygen atoms in total. The third kappa shape index (κ3) is 12.3. The second-order valence-corrected chi connectivity index (χ2v) is 33.2. The van der Waals surface area contributed by atoms with Crippen LogP contribution in [0.25, 0.3) is 250 Å². The standard InChI is InChI=1S/C57H34N4OS.C57H34N4S2/c1-4-16-35(17-5-1)38-22-14-23-39(32-38)55-58-56(40-30-31-43-49(33-40)62-48-28-15-26-41(51(43)48)36-18-6-2-7-19-36)60-57(59-55)61-46-27-12-10-24-42(46)53-47(61)34-45(37-20-8-3-9-21-37)52-44-25-11-13-29-50(44)63-54(52)53;1-4-13-35(14-5-1)37-23-25-39(26-24-37)55-58-56(41-28-30-46-51(34-41)62-50-22-12-20-42(52(46)50)38-17-8-3-9-18-38)60-57(59-55)61-47-32-31-44-43-19-10-11-21-49(43)63-54(44)53(47)45-29-27-40(33-48(45)61)36-15-6-2-7-16-36/h2*1-34H/i2D,6D,7D,14D,15D,18D,19D,22D,23D,26D,28D,30D,31D,32D,33D;3D,8D,9D,17D,18D,23D,24D,25D,26D. The van der Waals surface area contributed by atoms with E-state index in [1.54, 1.807) is 87.9 Å². The van der Waals surface area contributed by atoms with E-state index in [0.29, 0.717) is 33.3 Å². The zero-order valence-corrected chi connectivity index (χ0v) is 68.1. The number of benzene rings is 18. The van der Waals surface area contributed by atoms with Crippen LogP contribution in [0.5, 0.6) is 0 Å². The van der Waals surface area contributed by atoms with E-state index in [2.05, 4.69) is 72.8 Å². The Morgan fingerprint density at radius 3 is 1.45 bits per heavy atom. The molecule has 0 spiro atoms. The van der Waals surface area contributed by atoms with Gasteiger partial charge >= 0.3 is 0 Å². The SMILES string of the molecule is [2H]c1c([2H])c([2H])c(-c2c([2H])c([2H])c([2H])c3oc4c([2H])c(-c5nc(-c6c([2H])c([2H])c([2H])c(-c7ccccc7)c6[2H])nc(-n6c7ccccc7c7c8sc9ccccc9c8c(-c8ccccc8)cc76)n5)c([2H])c([2H])c4c23)c([2H])c1[2H].[2H]c1c([2H])c([2H])c(-c2cccc3sc4cc(-c5nc(-c6c([2H])c([2H])c(-c7ccccc7)c([2H])c6[2H])nc(-n6c7cc(-c8ccccc8)ccc7c7c8sc9ccccc9c8ccc76)n5)ccc4c23)c([2H])c1[2H]. The fraction of sp³-hybridized carbons (Fsp3) is 0. The van der Waals surface area contributed by atoms with Gasteiger partial charge in [-0.3, -0.25) is 9.13 Å². The molecule has 8 aromatic heterocycles. The Hall–Kier alpha value is -16.0. The van der Waals surface area contributed by atoms with Crippen LogP contribution in [0, 0.1) is 0 Å². The molecule has 0 aliphatic rings. The van der Waals surface area contributed by atoms with Crippen molar-refractivity contribution in [3.05, 3.63) is 412 Å². The average Bonchev–Trinajstić information content (AvgIpc) is 1.55. The molecule has 0 unspecified atom stereocenters. The fourth-order valence-corrected chi connectivity index (χ4v) is 20.9. The first-order valence-corrected chi connectivity index (χ1v) is 42.7. The normalized spacial score (nSPS) is 14.5. The summed E-state index contributed by atoms with van der Waals surface area (Å²) in [6.07, 6.45) is 0. The minimum absolute atomic E-state index is 0.0229. The van der Waals surface area contributed by atoms with Crippen molar-refractivity contribution < 1.29 is 37.3 Å². The Morgan fingerprint density at radius 1 is 0.222 bits per heavy atom. The zero-order chi connectivity index (χ0) is 104. The van der Waals surface area contributed by atoms with Gasteiger partial charge < -0.3 is 4.42 Å². The molecular weight excluding hydrogens is 1590 g/mol. The molecule has 126 heavy (non-hydrogen) atoms. The molecule has 0 radical (unpaired) electrons. The monoisotopic (exact) mass is 1680 g/mol. The van der Waals surface area contributed by atoms with Gasteiger partial charge in [-0.25, -0.2) is 9.97 Å².